The Balaban J connectivity index is 2.99. The number of ether oxygens (including phenoxy) is 2. The van der Waals surface area contributed by atoms with E-state index < -0.39 is 0 Å². The van der Waals surface area contributed by atoms with Crippen molar-refractivity contribution in [1.82, 2.24) is 5.32 Å². The Morgan fingerprint density at radius 1 is 1.29 bits per heavy atom. The van der Waals surface area contributed by atoms with Crippen LogP contribution in [0.25, 0.3) is 6.08 Å². The minimum Gasteiger partial charge on any atom is -0.495 e. The van der Waals surface area contributed by atoms with Gasteiger partial charge in [0.15, 0.2) is 0 Å². The SMILES string of the molecule is COCCNCC(=Cc1cc(Br)cc(Br)c1OC)C(C)C. The van der Waals surface area contributed by atoms with Crippen LogP contribution in [-0.2, 0) is 4.74 Å². The summed E-state index contributed by atoms with van der Waals surface area (Å²) in [7, 11) is 3.40. The van der Waals surface area contributed by atoms with Crippen LogP contribution in [0.3, 0.4) is 0 Å². The molecule has 0 heterocycles. The summed E-state index contributed by atoms with van der Waals surface area (Å²) in [6.07, 6.45) is 2.19. The third kappa shape index (κ3) is 6.10. The van der Waals surface area contributed by atoms with Crippen LogP contribution in [-0.4, -0.2) is 33.9 Å². The molecule has 0 saturated heterocycles. The lowest BCUT2D eigenvalue weighted by molar-refractivity contribution is 0.200. The molecule has 5 heteroatoms. The van der Waals surface area contributed by atoms with E-state index in [4.69, 9.17) is 9.47 Å². The zero-order chi connectivity index (χ0) is 15.8. The third-order valence-corrected chi connectivity index (χ3v) is 4.18. The molecule has 0 fully saturated rings. The van der Waals surface area contributed by atoms with Gasteiger partial charge in [0.2, 0.25) is 0 Å². The van der Waals surface area contributed by atoms with E-state index in [2.05, 4.69) is 63.2 Å². The molecule has 0 amide bonds. The van der Waals surface area contributed by atoms with Crippen LogP contribution < -0.4 is 10.1 Å². The molecule has 0 atom stereocenters. The number of benzene rings is 1. The molecule has 0 aliphatic carbocycles. The minimum absolute atomic E-state index is 0.461. The van der Waals surface area contributed by atoms with Crippen molar-refractivity contribution in [2.75, 3.05) is 33.9 Å². The van der Waals surface area contributed by atoms with E-state index in [0.29, 0.717) is 5.92 Å². The standard InChI is InChI=1S/C16H23Br2NO2/c1-11(2)13(10-19-5-6-20-3)7-12-8-14(17)9-15(18)16(12)21-4/h7-9,11,19H,5-6,10H2,1-4H3. The van der Waals surface area contributed by atoms with Crippen molar-refractivity contribution in [1.29, 1.82) is 0 Å². The maximum absolute atomic E-state index is 5.50. The second-order valence-electron chi connectivity index (χ2n) is 5.05. The fourth-order valence-electron chi connectivity index (χ4n) is 1.93. The van der Waals surface area contributed by atoms with Gasteiger partial charge in [-0.25, -0.2) is 0 Å². The van der Waals surface area contributed by atoms with Crippen LogP contribution in [0.2, 0.25) is 0 Å². The van der Waals surface area contributed by atoms with Crippen LogP contribution in [0.15, 0.2) is 26.7 Å². The van der Waals surface area contributed by atoms with E-state index in [-0.39, 0.29) is 0 Å². The van der Waals surface area contributed by atoms with Crippen molar-refractivity contribution in [3.8, 4) is 5.75 Å². The second-order valence-corrected chi connectivity index (χ2v) is 6.82. The van der Waals surface area contributed by atoms with Gasteiger partial charge < -0.3 is 14.8 Å². The van der Waals surface area contributed by atoms with Crippen LogP contribution in [0.1, 0.15) is 19.4 Å². The molecule has 0 aromatic heterocycles. The van der Waals surface area contributed by atoms with Gasteiger partial charge in [0.1, 0.15) is 5.75 Å². The van der Waals surface area contributed by atoms with E-state index in [1.165, 1.54) is 5.57 Å². The summed E-state index contributed by atoms with van der Waals surface area (Å²) in [6, 6.07) is 4.06. The topological polar surface area (TPSA) is 30.5 Å². The first-order valence-corrected chi connectivity index (χ1v) is 8.51. The molecule has 1 aromatic rings. The zero-order valence-electron chi connectivity index (χ0n) is 13.0. The van der Waals surface area contributed by atoms with E-state index in [0.717, 1.165) is 40.0 Å². The quantitative estimate of drug-likeness (QED) is 0.628. The van der Waals surface area contributed by atoms with Crippen molar-refractivity contribution in [3.05, 3.63) is 32.2 Å². The van der Waals surface area contributed by atoms with Gasteiger partial charge in [-0.15, -0.1) is 0 Å². The van der Waals surface area contributed by atoms with Crippen LogP contribution >= 0.6 is 31.9 Å². The third-order valence-electron chi connectivity index (χ3n) is 3.14. The molecule has 1 aromatic carbocycles. The summed E-state index contributed by atoms with van der Waals surface area (Å²) in [5.41, 5.74) is 2.39. The smallest absolute Gasteiger partial charge is 0.140 e. The van der Waals surface area contributed by atoms with Gasteiger partial charge >= 0.3 is 0 Å². The van der Waals surface area contributed by atoms with Crippen molar-refractivity contribution in [3.63, 3.8) is 0 Å². The van der Waals surface area contributed by atoms with E-state index in [1.54, 1.807) is 14.2 Å². The highest BCUT2D eigenvalue weighted by molar-refractivity contribution is 9.11. The lowest BCUT2D eigenvalue weighted by Gasteiger charge is -2.15. The van der Waals surface area contributed by atoms with Gasteiger partial charge in [-0.3, -0.25) is 0 Å². The molecule has 0 bridgehead atoms. The summed E-state index contributed by atoms with van der Waals surface area (Å²) in [5, 5.41) is 3.40. The molecule has 0 aliphatic rings. The zero-order valence-corrected chi connectivity index (χ0v) is 16.2. The molecule has 0 radical (unpaired) electrons. The number of halogens is 2. The van der Waals surface area contributed by atoms with Gasteiger partial charge in [0, 0.05) is 30.2 Å². The van der Waals surface area contributed by atoms with Gasteiger partial charge in [-0.1, -0.05) is 41.4 Å². The van der Waals surface area contributed by atoms with Crippen LogP contribution in [0.5, 0.6) is 5.75 Å². The molecular formula is C16H23Br2NO2. The molecule has 1 rings (SSSR count). The number of hydrogen-bond donors (Lipinski definition) is 1. The minimum atomic E-state index is 0.461. The second kappa shape index (κ2) is 9.62. The Hall–Kier alpha value is -0.360. The summed E-state index contributed by atoms with van der Waals surface area (Å²) >= 11 is 7.07. The molecule has 3 nitrogen and oxygen atoms in total. The first-order chi connectivity index (χ1) is 9.99. The summed E-state index contributed by atoms with van der Waals surface area (Å²) in [4.78, 5) is 0. The molecule has 0 aliphatic heterocycles. The monoisotopic (exact) mass is 419 g/mol. The molecule has 21 heavy (non-hydrogen) atoms. The largest absolute Gasteiger partial charge is 0.495 e. The Morgan fingerprint density at radius 2 is 2.00 bits per heavy atom. The van der Waals surface area contributed by atoms with Gasteiger partial charge in [0.05, 0.1) is 18.2 Å². The fourth-order valence-corrected chi connectivity index (χ4v) is 3.35. The number of nitrogens with one attached hydrogen (secondary N) is 1. The van der Waals surface area contributed by atoms with Crippen molar-refractivity contribution in [2.45, 2.75) is 13.8 Å². The van der Waals surface area contributed by atoms with E-state index in [1.807, 2.05) is 6.07 Å². The van der Waals surface area contributed by atoms with Crippen LogP contribution in [0, 0.1) is 5.92 Å². The highest BCUT2D eigenvalue weighted by atomic mass is 79.9. The molecule has 1 N–H and O–H groups in total. The van der Waals surface area contributed by atoms with Crippen molar-refractivity contribution < 1.29 is 9.47 Å². The first kappa shape index (κ1) is 18.7. The number of methoxy groups -OCH3 is 2. The van der Waals surface area contributed by atoms with Gasteiger partial charge in [0.25, 0.3) is 0 Å². The molecule has 0 unspecified atom stereocenters. The Kier molecular flexibility index (Phi) is 8.56. The van der Waals surface area contributed by atoms with Crippen LogP contribution in [0.4, 0.5) is 0 Å². The first-order valence-electron chi connectivity index (χ1n) is 6.92. The van der Waals surface area contributed by atoms with Gasteiger partial charge in [-0.05, 0) is 34.0 Å². The lowest BCUT2D eigenvalue weighted by Crippen LogP contribution is -2.23. The number of rotatable bonds is 8. The average Bonchev–Trinajstić information content (AvgIpc) is 2.41. The summed E-state index contributed by atoms with van der Waals surface area (Å²) < 4.78 is 12.5. The molecule has 0 spiro atoms. The summed E-state index contributed by atoms with van der Waals surface area (Å²) in [6.45, 7) is 6.80. The number of hydrogen-bond acceptors (Lipinski definition) is 3. The lowest BCUT2D eigenvalue weighted by atomic mass is 10.00. The Bertz CT molecular complexity index is 487. The highest BCUT2D eigenvalue weighted by Crippen LogP contribution is 2.34. The van der Waals surface area contributed by atoms with Crippen molar-refractivity contribution >= 4 is 37.9 Å². The van der Waals surface area contributed by atoms with Gasteiger partial charge in [-0.2, -0.15) is 0 Å². The Labute approximate surface area is 144 Å². The average molecular weight is 421 g/mol. The van der Waals surface area contributed by atoms with Crippen molar-refractivity contribution in [2.24, 2.45) is 5.92 Å². The highest BCUT2D eigenvalue weighted by Gasteiger charge is 2.10. The summed E-state index contributed by atoms with van der Waals surface area (Å²) in [5.74, 6) is 1.32. The van der Waals surface area contributed by atoms with E-state index >= 15 is 0 Å². The molecular weight excluding hydrogens is 398 g/mol. The predicted molar refractivity (Wildman–Crippen MR) is 96.0 cm³/mol. The van der Waals surface area contributed by atoms with E-state index in [9.17, 15) is 0 Å². The maximum Gasteiger partial charge on any atom is 0.140 e. The molecule has 118 valence electrons. The predicted octanol–water partition coefficient (Wildman–Crippen LogP) is 4.50. The Morgan fingerprint density at radius 3 is 2.57 bits per heavy atom. The normalized spacial score (nSPS) is 12.0. The molecule has 0 saturated carbocycles. The fraction of sp³-hybridized carbons (Fsp3) is 0.500. The maximum atomic E-state index is 5.50.